The molecule has 0 radical (unpaired) electrons. The second-order valence-electron chi connectivity index (χ2n) is 2.89. The van der Waals surface area contributed by atoms with Crippen LogP contribution in [0.3, 0.4) is 0 Å². The zero-order chi connectivity index (χ0) is 12.1. The minimum Gasteiger partial charge on any atom is -0.478 e. The van der Waals surface area contributed by atoms with Crippen LogP contribution in [0.1, 0.15) is 15.9 Å². The summed E-state index contributed by atoms with van der Waals surface area (Å²) in [6.07, 6.45) is 2.58. The summed E-state index contributed by atoms with van der Waals surface area (Å²) in [4.78, 5) is 21.8. The molecule has 0 fully saturated rings. The number of benzene rings is 1. The number of methoxy groups -OCH3 is 1. The third kappa shape index (κ3) is 3.20. The van der Waals surface area contributed by atoms with Gasteiger partial charge in [0.1, 0.15) is 0 Å². The molecule has 16 heavy (non-hydrogen) atoms. The summed E-state index contributed by atoms with van der Waals surface area (Å²) in [6, 6.07) is 4.77. The van der Waals surface area contributed by atoms with E-state index < -0.39 is 11.9 Å². The number of hydrogen-bond donors (Lipinski definition) is 1. The van der Waals surface area contributed by atoms with Crippen molar-refractivity contribution in [1.29, 1.82) is 0 Å². The SMILES string of the molecule is COC(=O)C=Cc1ccc(Br)cc1C(=O)O. The molecule has 0 aliphatic heterocycles. The number of carboxylic acids is 1. The number of aromatic carboxylic acids is 1. The van der Waals surface area contributed by atoms with Crippen LogP contribution in [0.25, 0.3) is 6.08 Å². The highest BCUT2D eigenvalue weighted by Crippen LogP contribution is 2.18. The quantitative estimate of drug-likeness (QED) is 0.684. The number of carbonyl (C=O) groups excluding carboxylic acids is 1. The average Bonchev–Trinajstić information content (AvgIpc) is 2.26. The fourth-order valence-corrected chi connectivity index (χ4v) is 1.45. The molecule has 0 saturated carbocycles. The number of halogens is 1. The molecule has 0 spiro atoms. The molecule has 1 aromatic carbocycles. The Bertz CT molecular complexity index is 451. The Morgan fingerprint density at radius 2 is 2.12 bits per heavy atom. The van der Waals surface area contributed by atoms with Crippen LogP contribution in [0.4, 0.5) is 0 Å². The fourth-order valence-electron chi connectivity index (χ4n) is 1.08. The maximum absolute atomic E-state index is 10.9. The number of hydrogen-bond acceptors (Lipinski definition) is 3. The van der Waals surface area contributed by atoms with E-state index in [1.165, 1.54) is 25.3 Å². The molecule has 0 aliphatic rings. The van der Waals surface area contributed by atoms with Crippen molar-refractivity contribution >= 4 is 33.9 Å². The van der Waals surface area contributed by atoms with Crippen molar-refractivity contribution in [2.75, 3.05) is 7.11 Å². The van der Waals surface area contributed by atoms with Gasteiger partial charge in [-0.3, -0.25) is 0 Å². The van der Waals surface area contributed by atoms with E-state index in [0.29, 0.717) is 10.0 Å². The molecule has 0 heterocycles. The lowest BCUT2D eigenvalue weighted by Gasteiger charge is -2.01. The van der Waals surface area contributed by atoms with E-state index in [1.54, 1.807) is 12.1 Å². The van der Waals surface area contributed by atoms with E-state index in [-0.39, 0.29) is 5.56 Å². The fraction of sp³-hybridized carbons (Fsp3) is 0.0909. The average molecular weight is 285 g/mol. The summed E-state index contributed by atoms with van der Waals surface area (Å²) < 4.78 is 5.08. The van der Waals surface area contributed by atoms with Gasteiger partial charge in [0.15, 0.2) is 0 Å². The second kappa shape index (κ2) is 5.46. The van der Waals surface area contributed by atoms with Gasteiger partial charge in [-0.25, -0.2) is 9.59 Å². The predicted octanol–water partition coefficient (Wildman–Crippen LogP) is 2.33. The monoisotopic (exact) mass is 284 g/mol. The van der Waals surface area contributed by atoms with Crippen LogP contribution >= 0.6 is 15.9 Å². The van der Waals surface area contributed by atoms with Crippen LogP contribution in [-0.4, -0.2) is 24.2 Å². The second-order valence-corrected chi connectivity index (χ2v) is 3.81. The molecule has 0 bridgehead atoms. The van der Waals surface area contributed by atoms with Crippen LogP contribution in [0.5, 0.6) is 0 Å². The van der Waals surface area contributed by atoms with E-state index in [2.05, 4.69) is 20.7 Å². The molecule has 84 valence electrons. The first-order chi connectivity index (χ1) is 7.54. The van der Waals surface area contributed by atoms with Gasteiger partial charge in [0, 0.05) is 10.5 Å². The van der Waals surface area contributed by atoms with Crippen molar-refractivity contribution in [3.63, 3.8) is 0 Å². The third-order valence-corrected chi connectivity index (χ3v) is 2.34. The highest BCUT2D eigenvalue weighted by Gasteiger charge is 2.08. The van der Waals surface area contributed by atoms with Crippen LogP contribution in [-0.2, 0) is 9.53 Å². The first kappa shape index (κ1) is 12.4. The van der Waals surface area contributed by atoms with Gasteiger partial charge in [0.25, 0.3) is 0 Å². The Balaban J connectivity index is 3.09. The lowest BCUT2D eigenvalue weighted by Crippen LogP contribution is -2.00. The minimum atomic E-state index is -1.05. The smallest absolute Gasteiger partial charge is 0.336 e. The maximum Gasteiger partial charge on any atom is 0.336 e. The maximum atomic E-state index is 10.9. The van der Waals surface area contributed by atoms with Crippen molar-refractivity contribution in [3.8, 4) is 0 Å². The molecule has 0 unspecified atom stereocenters. The normalized spacial score (nSPS) is 10.4. The van der Waals surface area contributed by atoms with Gasteiger partial charge in [0.2, 0.25) is 0 Å². The zero-order valence-corrected chi connectivity index (χ0v) is 10.0. The van der Waals surface area contributed by atoms with Crippen LogP contribution < -0.4 is 0 Å². The number of carbonyl (C=O) groups is 2. The Hall–Kier alpha value is -1.62. The number of carboxylic acid groups (broad SMARTS) is 1. The van der Waals surface area contributed by atoms with Gasteiger partial charge in [-0.05, 0) is 23.8 Å². The molecule has 4 nitrogen and oxygen atoms in total. The van der Waals surface area contributed by atoms with Crippen molar-refractivity contribution in [1.82, 2.24) is 0 Å². The van der Waals surface area contributed by atoms with E-state index in [9.17, 15) is 9.59 Å². The van der Waals surface area contributed by atoms with Crippen LogP contribution in [0.2, 0.25) is 0 Å². The number of rotatable bonds is 3. The van der Waals surface area contributed by atoms with Crippen LogP contribution in [0, 0.1) is 0 Å². The molecule has 1 rings (SSSR count). The topological polar surface area (TPSA) is 63.6 Å². The highest BCUT2D eigenvalue weighted by molar-refractivity contribution is 9.10. The minimum absolute atomic E-state index is 0.120. The van der Waals surface area contributed by atoms with Crippen molar-refractivity contribution in [3.05, 3.63) is 39.9 Å². The molecule has 0 aliphatic carbocycles. The third-order valence-electron chi connectivity index (χ3n) is 1.85. The first-order valence-electron chi connectivity index (χ1n) is 4.33. The summed E-state index contributed by atoms with van der Waals surface area (Å²) in [5.74, 6) is -1.58. The lowest BCUT2D eigenvalue weighted by atomic mass is 10.1. The molecule has 0 saturated heterocycles. The Kier molecular flexibility index (Phi) is 4.25. The molecule has 0 amide bonds. The van der Waals surface area contributed by atoms with E-state index >= 15 is 0 Å². The molecular weight excluding hydrogens is 276 g/mol. The molecule has 1 N–H and O–H groups in total. The van der Waals surface area contributed by atoms with E-state index in [4.69, 9.17) is 5.11 Å². The summed E-state index contributed by atoms with van der Waals surface area (Å²) in [7, 11) is 1.26. The van der Waals surface area contributed by atoms with Gasteiger partial charge in [-0.2, -0.15) is 0 Å². The van der Waals surface area contributed by atoms with Gasteiger partial charge in [-0.1, -0.05) is 22.0 Å². The van der Waals surface area contributed by atoms with Gasteiger partial charge >= 0.3 is 11.9 Å². The Morgan fingerprint density at radius 1 is 1.44 bits per heavy atom. The zero-order valence-electron chi connectivity index (χ0n) is 8.44. The van der Waals surface area contributed by atoms with Gasteiger partial charge in [0.05, 0.1) is 12.7 Å². The summed E-state index contributed by atoms with van der Waals surface area (Å²) >= 11 is 3.18. The van der Waals surface area contributed by atoms with Crippen molar-refractivity contribution in [2.45, 2.75) is 0 Å². The predicted molar refractivity (Wildman–Crippen MR) is 62.2 cm³/mol. The van der Waals surface area contributed by atoms with Gasteiger partial charge < -0.3 is 9.84 Å². The van der Waals surface area contributed by atoms with Crippen LogP contribution in [0.15, 0.2) is 28.7 Å². The summed E-state index contributed by atoms with van der Waals surface area (Å²) in [5, 5.41) is 8.94. The van der Waals surface area contributed by atoms with Gasteiger partial charge in [-0.15, -0.1) is 0 Å². The molecule has 0 aromatic heterocycles. The number of ether oxygens (including phenoxy) is 1. The molecular formula is C11H9BrO4. The van der Waals surface area contributed by atoms with Crippen molar-refractivity contribution in [2.24, 2.45) is 0 Å². The Labute approximate surface area is 101 Å². The molecule has 5 heteroatoms. The summed E-state index contributed by atoms with van der Waals surface area (Å²) in [5.41, 5.74) is 0.565. The Morgan fingerprint density at radius 3 is 2.69 bits per heavy atom. The van der Waals surface area contributed by atoms with E-state index in [1.807, 2.05) is 0 Å². The summed E-state index contributed by atoms with van der Waals surface area (Å²) in [6.45, 7) is 0. The standard InChI is InChI=1S/C11H9BrO4/c1-16-10(13)5-3-7-2-4-8(12)6-9(7)11(14)15/h2-6H,1H3,(H,14,15). The molecule has 1 aromatic rings. The van der Waals surface area contributed by atoms with E-state index in [0.717, 1.165) is 0 Å². The van der Waals surface area contributed by atoms with Crippen molar-refractivity contribution < 1.29 is 19.4 Å². The largest absolute Gasteiger partial charge is 0.478 e. The lowest BCUT2D eigenvalue weighted by molar-refractivity contribution is -0.134. The number of esters is 1. The highest BCUT2D eigenvalue weighted by atomic mass is 79.9. The molecule has 0 atom stereocenters. The first-order valence-corrected chi connectivity index (χ1v) is 5.12.